The van der Waals surface area contributed by atoms with Crippen LogP contribution in [0.2, 0.25) is 5.28 Å². The molecule has 0 aromatic carbocycles. The summed E-state index contributed by atoms with van der Waals surface area (Å²) in [7, 11) is 3.80. The minimum atomic E-state index is 0.261. The van der Waals surface area contributed by atoms with Gasteiger partial charge in [0.1, 0.15) is 0 Å². The minimum absolute atomic E-state index is 0.261. The number of aromatic nitrogens is 3. The Morgan fingerprint density at radius 2 is 2.00 bits per heavy atom. The highest BCUT2D eigenvalue weighted by Gasteiger charge is 2.27. The maximum absolute atomic E-state index is 5.96. The molecule has 100 valence electrons. The monoisotopic (exact) mass is 269 g/mol. The van der Waals surface area contributed by atoms with Crippen molar-refractivity contribution in [1.29, 1.82) is 0 Å². The molecule has 2 heterocycles. The summed E-state index contributed by atoms with van der Waals surface area (Å²) >= 11 is 5.96. The average Bonchev–Trinajstić information content (AvgIpc) is 2.77. The summed E-state index contributed by atoms with van der Waals surface area (Å²) in [4.78, 5) is 16.8. The van der Waals surface area contributed by atoms with Gasteiger partial charge in [-0.3, -0.25) is 0 Å². The molecule has 0 amide bonds. The number of anilines is 2. The Morgan fingerprint density at radius 3 is 2.56 bits per heavy atom. The van der Waals surface area contributed by atoms with Crippen LogP contribution in [-0.2, 0) is 0 Å². The van der Waals surface area contributed by atoms with Gasteiger partial charge in [-0.05, 0) is 29.9 Å². The molecule has 18 heavy (non-hydrogen) atoms. The zero-order valence-electron chi connectivity index (χ0n) is 11.4. The first kappa shape index (κ1) is 13.3. The Kier molecular flexibility index (Phi) is 3.90. The number of nitrogens with zero attached hydrogens (tertiary/aromatic N) is 5. The van der Waals surface area contributed by atoms with Gasteiger partial charge in [-0.1, -0.05) is 13.8 Å². The van der Waals surface area contributed by atoms with Gasteiger partial charge in [0.25, 0.3) is 0 Å². The van der Waals surface area contributed by atoms with Crippen LogP contribution < -0.4 is 9.80 Å². The topological polar surface area (TPSA) is 45.2 Å². The predicted octanol–water partition coefficient (Wildman–Crippen LogP) is 2.07. The second-order valence-electron chi connectivity index (χ2n) is 5.34. The Balaban J connectivity index is 2.19. The molecule has 1 unspecified atom stereocenters. The lowest BCUT2D eigenvalue weighted by atomic mass is 9.95. The number of hydrogen-bond donors (Lipinski definition) is 0. The highest BCUT2D eigenvalue weighted by molar-refractivity contribution is 6.28. The molecule has 1 atom stereocenters. The van der Waals surface area contributed by atoms with Gasteiger partial charge in [-0.2, -0.15) is 15.0 Å². The fourth-order valence-corrected chi connectivity index (χ4v) is 2.34. The van der Waals surface area contributed by atoms with Crippen LogP contribution in [0.4, 0.5) is 11.9 Å². The lowest BCUT2D eigenvalue weighted by Crippen LogP contribution is -2.25. The Hall–Kier alpha value is -1.10. The normalized spacial score (nSPS) is 19.7. The van der Waals surface area contributed by atoms with Crippen LogP contribution in [0.15, 0.2) is 0 Å². The summed E-state index contributed by atoms with van der Waals surface area (Å²) in [5, 5.41) is 0.261. The molecular weight excluding hydrogens is 250 g/mol. The SMILES string of the molecule is CC(C)C1CCN(c2nc(Cl)nc(N(C)C)n2)C1. The molecule has 1 aliphatic rings. The molecule has 0 bridgehead atoms. The second-order valence-corrected chi connectivity index (χ2v) is 5.68. The van der Waals surface area contributed by atoms with Crippen molar-refractivity contribution in [2.24, 2.45) is 11.8 Å². The van der Waals surface area contributed by atoms with E-state index in [1.54, 1.807) is 0 Å². The molecule has 1 saturated heterocycles. The molecule has 1 aromatic heterocycles. The van der Waals surface area contributed by atoms with E-state index in [0.29, 0.717) is 23.7 Å². The van der Waals surface area contributed by atoms with E-state index in [1.807, 2.05) is 19.0 Å². The molecule has 1 fully saturated rings. The highest BCUT2D eigenvalue weighted by Crippen LogP contribution is 2.27. The van der Waals surface area contributed by atoms with E-state index in [4.69, 9.17) is 11.6 Å². The smallest absolute Gasteiger partial charge is 0.231 e. The maximum Gasteiger partial charge on any atom is 0.231 e. The third-order valence-electron chi connectivity index (χ3n) is 3.43. The van der Waals surface area contributed by atoms with Crippen LogP contribution in [0, 0.1) is 11.8 Å². The van der Waals surface area contributed by atoms with E-state index in [1.165, 1.54) is 6.42 Å². The number of halogens is 1. The maximum atomic E-state index is 5.96. The van der Waals surface area contributed by atoms with Gasteiger partial charge in [0, 0.05) is 27.2 Å². The second kappa shape index (κ2) is 5.26. The van der Waals surface area contributed by atoms with Gasteiger partial charge in [0.2, 0.25) is 17.2 Å². The molecule has 0 aliphatic carbocycles. The summed E-state index contributed by atoms with van der Waals surface area (Å²) in [5.41, 5.74) is 0. The molecular formula is C12H20ClN5. The number of hydrogen-bond acceptors (Lipinski definition) is 5. The molecule has 0 saturated carbocycles. The van der Waals surface area contributed by atoms with Gasteiger partial charge in [0.05, 0.1) is 0 Å². The molecule has 1 aromatic rings. The molecule has 2 rings (SSSR count). The molecule has 0 radical (unpaired) electrons. The third kappa shape index (κ3) is 2.83. The largest absolute Gasteiger partial charge is 0.347 e. The van der Waals surface area contributed by atoms with Crippen molar-refractivity contribution >= 4 is 23.5 Å². The van der Waals surface area contributed by atoms with E-state index in [9.17, 15) is 0 Å². The predicted molar refractivity (Wildman–Crippen MR) is 74.3 cm³/mol. The molecule has 0 spiro atoms. The summed E-state index contributed by atoms with van der Waals surface area (Å²) < 4.78 is 0. The minimum Gasteiger partial charge on any atom is -0.347 e. The van der Waals surface area contributed by atoms with Crippen LogP contribution in [0.3, 0.4) is 0 Å². The zero-order chi connectivity index (χ0) is 13.3. The summed E-state index contributed by atoms with van der Waals surface area (Å²) in [5.74, 6) is 2.71. The van der Waals surface area contributed by atoms with Gasteiger partial charge in [-0.15, -0.1) is 0 Å². The van der Waals surface area contributed by atoms with Gasteiger partial charge >= 0.3 is 0 Å². The summed E-state index contributed by atoms with van der Waals surface area (Å²) in [6.07, 6.45) is 1.19. The Morgan fingerprint density at radius 1 is 1.28 bits per heavy atom. The highest BCUT2D eigenvalue weighted by atomic mass is 35.5. The van der Waals surface area contributed by atoms with Crippen molar-refractivity contribution in [2.75, 3.05) is 37.0 Å². The first-order chi connectivity index (χ1) is 8.47. The standard InChI is InChI=1S/C12H20ClN5/c1-8(2)9-5-6-18(7-9)12-15-10(13)14-11(16-12)17(3)4/h8-9H,5-7H2,1-4H3. The van der Waals surface area contributed by atoms with Gasteiger partial charge in [-0.25, -0.2) is 0 Å². The van der Waals surface area contributed by atoms with Crippen molar-refractivity contribution in [1.82, 2.24) is 15.0 Å². The molecule has 6 heteroatoms. The van der Waals surface area contributed by atoms with Crippen LogP contribution >= 0.6 is 11.6 Å². The Labute approximate surface area is 113 Å². The van der Waals surface area contributed by atoms with Crippen LogP contribution in [-0.4, -0.2) is 42.1 Å². The van der Waals surface area contributed by atoms with E-state index in [2.05, 4.69) is 33.7 Å². The van der Waals surface area contributed by atoms with Crippen molar-refractivity contribution in [3.63, 3.8) is 0 Å². The molecule has 5 nitrogen and oxygen atoms in total. The quantitative estimate of drug-likeness (QED) is 0.841. The van der Waals surface area contributed by atoms with E-state index in [-0.39, 0.29) is 5.28 Å². The van der Waals surface area contributed by atoms with Crippen molar-refractivity contribution in [2.45, 2.75) is 20.3 Å². The average molecular weight is 270 g/mol. The lowest BCUT2D eigenvalue weighted by molar-refractivity contribution is 0.422. The van der Waals surface area contributed by atoms with E-state index >= 15 is 0 Å². The summed E-state index contributed by atoms with van der Waals surface area (Å²) in [6, 6.07) is 0. The molecule has 1 aliphatic heterocycles. The first-order valence-electron chi connectivity index (χ1n) is 6.31. The van der Waals surface area contributed by atoms with Crippen LogP contribution in [0.1, 0.15) is 20.3 Å². The Bertz CT molecular complexity index is 421. The lowest BCUT2D eigenvalue weighted by Gasteiger charge is -2.19. The third-order valence-corrected chi connectivity index (χ3v) is 3.60. The van der Waals surface area contributed by atoms with Gasteiger partial charge < -0.3 is 9.80 Å². The van der Waals surface area contributed by atoms with Crippen molar-refractivity contribution in [3.05, 3.63) is 5.28 Å². The van der Waals surface area contributed by atoms with Crippen LogP contribution in [0.5, 0.6) is 0 Å². The fourth-order valence-electron chi connectivity index (χ4n) is 2.18. The van der Waals surface area contributed by atoms with E-state index < -0.39 is 0 Å². The molecule has 0 N–H and O–H groups in total. The van der Waals surface area contributed by atoms with Crippen molar-refractivity contribution < 1.29 is 0 Å². The first-order valence-corrected chi connectivity index (χ1v) is 6.69. The fraction of sp³-hybridized carbons (Fsp3) is 0.750. The van der Waals surface area contributed by atoms with E-state index in [0.717, 1.165) is 13.1 Å². The van der Waals surface area contributed by atoms with Crippen LogP contribution in [0.25, 0.3) is 0 Å². The van der Waals surface area contributed by atoms with Gasteiger partial charge in [0.15, 0.2) is 0 Å². The zero-order valence-corrected chi connectivity index (χ0v) is 12.1. The van der Waals surface area contributed by atoms with Crippen molar-refractivity contribution in [3.8, 4) is 0 Å². The number of rotatable bonds is 3. The summed E-state index contributed by atoms with van der Waals surface area (Å²) in [6.45, 7) is 6.53.